The highest BCUT2D eigenvalue weighted by Gasteiger charge is 2.44. The van der Waals surface area contributed by atoms with Crippen molar-refractivity contribution in [2.75, 3.05) is 13.2 Å². The SMILES string of the molecule is Cc1cn([C@@H]2O[C@H](CO)C(O)C2O)c(=O)n(CC=CC(C=O)CO)c1=O. The van der Waals surface area contributed by atoms with E-state index < -0.39 is 54.9 Å². The van der Waals surface area contributed by atoms with Gasteiger partial charge in [0.05, 0.1) is 19.1 Å². The van der Waals surface area contributed by atoms with Crippen molar-refractivity contribution in [1.82, 2.24) is 9.13 Å². The summed E-state index contributed by atoms with van der Waals surface area (Å²) in [7, 11) is 0. The Morgan fingerprint density at radius 3 is 2.50 bits per heavy atom. The summed E-state index contributed by atoms with van der Waals surface area (Å²) < 4.78 is 7.19. The second-order valence-corrected chi connectivity index (χ2v) is 6.06. The molecule has 1 aromatic rings. The zero-order valence-corrected chi connectivity index (χ0v) is 14.1. The molecule has 1 aromatic heterocycles. The highest BCUT2D eigenvalue weighted by Crippen LogP contribution is 2.28. The van der Waals surface area contributed by atoms with E-state index in [1.807, 2.05) is 0 Å². The van der Waals surface area contributed by atoms with Crippen LogP contribution in [0.3, 0.4) is 0 Å². The maximum atomic E-state index is 12.6. The van der Waals surface area contributed by atoms with Crippen LogP contribution in [0.15, 0.2) is 27.9 Å². The third-order valence-corrected chi connectivity index (χ3v) is 4.22. The van der Waals surface area contributed by atoms with Gasteiger partial charge in [0.2, 0.25) is 0 Å². The Bertz CT molecular complexity index is 783. The molecule has 10 heteroatoms. The molecule has 2 heterocycles. The molecule has 0 saturated carbocycles. The number of aliphatic hydroxyl groups excluding tert-OH is 4. The number of rotatable bonds is 7. The molecule has 4 N–H and O–H groups in total. The Labute approximate surface area is 148 Å². The summed E-state index contributed by atoms with van der Waals surface area (Å²) in [6.45, 7) is 0.384. The normalized spacial score (nSPS) is 27.1. The van der Waals surface area contributed by atoms with Crippen LogP contribution in [0.5, 0.6) is 0 Å². The van der Waals surface area contributed by atoms with Crippen molar-refractivity contribution in [3.63, 3.8) is 0 Å². The van der Waals surface area contributed by atoms with Crippen LogP contribution < -0.4 is 11.2 Å². The molecular formula is C16H22N2O8. The molecular weight excluding hydrogens is 348 g/mol. The van der Waals surface area contributed by atoms with Crippen LogP contribution >= 0.6 is 0 Å². The van der Waals surface area contributed by atoms with Gasteiger partial charge in [0.25, 0.3) is 5.56 Å². The van der Waals surface area contributed by atoms with Gasteiger partial charge in [-0.2, -0.15) is 0 Å². The third kappa shape index (κ3) is 3.84. The predicted molar refractivity (Wildman–Crippen MR) is 88.5 cm³/mol. The first-order valence-corrected chi connectivity index (χ1v) is 8.03. The van der Waals surface area contributed by atoms with Gasteiger partial charge in [-0.1, -0.05) is 12.2 Å². The van der Waals surface area contributed by atoms with Crippen molar-refractivity contribution >= 4 is 6.29 Å². The summed E-state index contributed by atoms with van der Waals surface area (Å²) in [5, 5.41) is 38.1. The molecule has 2 rings (SSSR count). The maximum absolute atomic E-state index is 12.6. The molecule has 0 aromatic carbocycles. The van der Waals surface area contributed by atoms with E-state index in [1.165, 1.54) is 25.3 Å². The van der Waals surface area contributed by atoms with Gasteiger partial charge in [0.15, 0.2) is 6.23 Å². The fourth-order valence-corrected chi connectivity index (χ4v) is 2.70. The monoisotopic (exact) mass is 370 g/mol. The zero-order chi connectivity index (χ0) is 19.4. The van der Waals surface area contributed by atoms with E-state index in [4.69, 9.17) is 14.9 Å². The summed E-state index contributed by atoms with van der Waals surface area (Å²) in [4.78, 5) is 35.6. The van der Waals surface area contributed by atoms with Crippen molar-refractivity contribution in [2.24, 2.45) is 5.92 Å². The first-order chi connectivity index (χ1) is 12.3. The van der Waals surface area contributed by atoms with Gasteiger partial charge < -0.3 is 30.0 Å². The van der Waals surface area contributed by atoms with E-state index in [0.717, 1.165) is 9.13 Å². The number of carbonyl (C=O) groups is 1. The van der Waals surface area contributed by atoms with E-state index in [2.05, 4.69) is 0 Å². The number of aromatic nitrogens is 2. The minimum Gasteiger partial charge on any atom is -0.395 e. The Morgan fingerprint density at radius 1 is 1.27 bits per heavy atom. The van der Waals surface area contributed by atoms with Crippen molar-refractivity contribution < 1.29 is 30.0 Å². The second kappa shape index (κ2) is 8.52. The largest absolute Gasteiger partial charge is 0.395 e. The third-order valence-electron chi connectivity index (χ3n) is 4.22. The van der Waals surface area contributed by atoms with Crippen molar-refractivity contribution in [2.45, 2.75) is 38.0 Å². The summed E-state index contributed by atoms with van der Waals surface area (Å²) in [5.74, 6) is -0.738. The molecule has 3 unspecified atom stereocenters. The summed E-state index contributed by atoms with van der Waals surface area (Å²) in [6.07, 6.45) is -0.628. The smallest absolute Gasteiger partial charge is 0.333 e. The molecule has 0 spiro atoms. The summed E-state index contributed by atoms with van der Waals surface area (Å²) in [6, 6.07) is 0. The lowest BCUT2D eigenvalue weighted by molar-refractivity contribution is -0.110. The van der Waals surface area contributed by atoms with Crippen LogP contribution in [0, 0.1) is 12.8 Å². The Balaban J connectivity index is 2.39. The first-order valence-electron chi connectivity index (χ1n) is 8.03. The lowest BCUT2D eigenvalue weighted by Gasteiger charge is -2.19. The van der Waals surface area contributed by atoms with Crippen molar-refractivity contribution in [3.05, 3.63) is 44.8 Å². The van der Waals surface area contributed by atoms with E-state index in [-0.39, 0.29) is 12.1 Å². The molecule has 10 nitrogen and oxygen atoms in total. The highest BCUT2D eigenvalue weighted by atomic mass is 16.6. The predicted octanol–water partition coefficient (Wildman–Crippen LogP) is -2.71. The summed E-state index contributed by atoms with van der Waals surface area (Å²) in [5.41, 5.74) is -1.15. The fourth-order valence-electron chi connectivity index (χ4n) is 2.70. The number of ether oxygens (including phenoxy) is 1. The minimum atomic E-state index is -1.46. The molecule has 0 radical (unpaired) electrons. The number of aldehydes is 1. The summed E-state index contributed by atoms with van der Waals surface area (Å²) >= 11 is 0. The van der Waals surface area contributed by atoms with Gasteiger partial charge in [0.1, 0.15) is 24.6 Å². The van der Waals surface area contributed by atoms with Crippen molar-refractivity contribution in [3.8, 4) is 0 Å². The zero-order valence-electron chi connectivity index (χ0n) is 14.1. The number of carbonyl (C=O) groups excluding carboxylic acids is 1. The van der Waals surface area contributed by atoms with Crippen LogP contribution in [-0.4, -0.2) is 67.4 Å². The average Bonchev–Trinajstić information content (AvgIpc) is 2.92. The number of hydrogen-bond donors (Lipinski definition) is 4. The number of aryl methyl sites for hydroxylation is 1. The Hall–Kier alpha value is -2.11. The van der Waals surface area contributed by atoms with Crippen LogP contribution in [0.25, 0.3) is 0 Å². The average molecular weight is 370 g/mol. The number of nitrogens with zero attached hydrogens (tertiary/aromatic N) is 2. The van der Waals surface area contributed by atoms with Gasteiger partial charge in [-0.15, -0.1) is 0 Å². The molecule has 26 heavy (non-hydrogen) atoms. The van der Waals surface area contributed by atoms with Gasteiger partial charge >= 0.3 is 5.69 Å². The van der Waals surface area contributed by atoms with E-state index >= 15 is 0 Å². The Kier molecular flexibility index (Phi) is 6.62. The molecule has 0 amide bonds. The molecule has 5 atom stereocenters. The lowest BCUT2D eigenvalue weighted by atomic mass is 10.1. The van der Waals surface area contributed by atoms with Gasteiger partial charge in [-0.3, -0.25) is 13.9 Å². The first kappa shape index (κ1) is 20.2. The molecule has 1 fully saturated rings. The Morgan fingerprint density at radius 2 is 1.96 bits per heavy atom. The van der Waals surface area contributed by atoms with Gasteiger partial charge in [-0.05, 0) is 6.92 Å². The standard InChI is InChI=1S/C16H22N2O8/c1-9-5-18(15-13(23)12(22)11(8-21)26-15)16(25)17(14(9)24)4-2-3-10(6-19)7-20/h2-3,5-6,10-13,15,20-23H,4,7-8H2,1H3/t10?,11-,12?,13?,15-/m1/s1. The van der Waals surface area contributed by atoms with Crippen LogP contribution in [0.1, 0.15) is 11.8 Å². The van der Waals surface area contributed by atoms with Gasteiger partial charge in [-0.25, -0.2) is 4.79 Å². The topological polar surface area (TPSA) is 151 Å². The fraction of sp³-hybridized carbons (Fsp3) is 0.562. The van der Waals surface area contributed by atoms with Crippen LogP contribution in [0.2, 0.25) is 0 Å². The highest BCUT2D eigenvalue weighted by molar-refractivity contribution is 5.56. The lowest BCUT2D eigenvalue weighted by Crippen LogP contribution is -2.44. The maximum Gasteiger partial charge on any atom is 0.333 e. The van der Waals surface area contributed by atoms with Crippen LogP contribution in [0.4, 0.5) is 0 Å². The second-order valence-electron chi connectivity index (χ2n) is 6.06. The molecule has 1 saturated heterocycles. The number of hydrogen-bond acceptors (Lipinski definition) is 8. The van der Waals surface area contributed by atoms with E-state index in [1.54, 1.807) is 0 Å². The number of allylic oxidation sites excluding steroid dienone is 1. The van der Waals surface area contributed by atoms with Gasteiger partial charge in [0, 0.05) is 18.3 Å². The molecule has 0 bridgehead atoms. The van der Waals surface area contributed by atoms with E-state index in [9.17, 15) is 24.6 Å². The quantitative estimate of drug-likeness (QED) is 0.299. The molecule has 144 valence electrons. The molecule has 0 aliphatic carbocycles. The molecule has 1 aliphatic heterocycles. The van der Waals surface area contributed by atoms with E-state index in [0.29, 0.717) is 6.29 Å². The molecule has 1 aliphatic rings. The number of aliphatic hydroxyl groups is 4. The minimum absolute atomic E-state index is 0.154. The van der Waals surface area contributed by atoms with Crippen molar-refractivity contribution in [1.29, 1.82) is 0 Å². The van der Waals surface area contributed by atoms with Crippen LogP contribution in [-0.2, 0) is 16.1 Å².